The first kappa shape index (κ1) is 18.8. The Morgan fingerprint density at radius 2 is 1.89 bits per heavy atom. The summed E-state index contributed by atoms with van der Waals surface area (Å²) < 4.78 is 38.0. The predicted octanol–water partition coefficient (Wildman–Crippen LogP) is 3.66. The lowest BCUT2D eigenvalue weighted by Gasteiger charge is -2.10. The van der Waals surface area contributed by atoms with E-state index in [1.807, 2.05) is 6.07 Å². The lowest BCUT2D eigenvalue weighted by Crippen LogP contribution is -2.12. The minimum absolute atomic E-state index is 0.0805. The molecule has 0 fully saturated rings. The molecule has 0 spiro atoms. The summed E-state index contributed by atoms with van der Waals surface area (Å²) >= 11 is 0. The highest BCUT2D eigenvalue weighted by atomic mass is 19.1. The van der Waals surface area contributed by atoms with Crippen LogP contribution in [-0.4, -0.2) is 27.8 Å². The van der Waals surface area contributed by atoms with Crippen molar-refractivity contribution in [1.29, 1.82) is 5.26 Å². The van der Waals surface area contributed by atoms with Gasteiger partial charge in [-0.25, -0.2) is 13.6 Å². The number of benzene rings is 2. The molecule has 0 unspecified atom stereocenters. The van der Waals surface area contributed by atoms with Crippen molar-refractivity contribution < 1.29 is 23.0 Å². The molecule has 3 rings (SSSR count). The summed E-state index contributed by atoms with van der Waals surface area (Å²) in [5.74, 6) is -2.61. The number of hydrogen-bond donors (Lipinski definition) is 0. The molecule has 7 nitrogen and oxygen atoms in total. The zero-order chi connectivity index (χ0) is 20.1. The van der Waals surface area contributed by atoms with Gasteiger partial charge in [-0.3, -0.25) is 0 Å². The van der Waals surface area contributed by atoms with E-state index >= 15 is 0 Å². The molecule has 0 radical (unpaired) electrons. The second-order valence-electron chi connectivity index (χ2n) is 5.37. The maximum absolute atomic E-state index is 14.0. The third kappa shape index (κ3) is 4.07. The Morgan fingerprint density at radius 3 is 2.57 bits per heavy atom. The molecule has 0 amide bonds. The Balaban J connectivity index is 2.06. The van der Waals surface area contributed by atoms with Crippen LogP contribution < -0.4 is 4.74 Å². The smallest absolute Gasteiger partial charge is 0.364 e. The Kier molecular flexibility index (Phi) is 5.50. The normalized spacial score (nSPS) is 10.2. The summed E-state index contributed by atoms with van der Waals surface area (Å²) in [6, 6.07) is 10.7. The van der Waals surface area contributed by atoms with E-state index in [4.69, 9.17) is 14.7 Å². The molecular formula is C19H12F2N4O3. The summed E-state index contributed by atoms with van der Waals surface area (Å²) in [5, 5.41) is 16.3. The quantitative estimate of drug-likeness (QED) is 0.621. The highest BCUT2D eigenvalue weighted by Gasteiger charge is 2.22. The minimum Gasteiger partial charge on any atom is -0.461 e. The van der Waals surface area contributed by atoms with E-state index in [-0.39, 0.29) is 35.3 Å². The number of halogens is 2. The van der Waals surface area contributed by atoms with Crippen molar-refractivity contribution >= 4 is 5.97 Å². The molecule has 1 aromatic heterocycles. The number of rotatable bonds is 5. The molecule has 28 heavy (non-hydrogen) atoms. The van der Waals surface area contributed by atoms with Crippen LogP contribution in [0.4, 0.5) is 8.78 Å². The molecule has 0 saturated heterocycles. The number of carbonyl (C=O) groups excluding carboxylic acids is 1. The van der Waals surface area contributed by atoms with Gasteiger partial charge in [-0.1, -0.05) is 0 Å². The topological polar surface area (TPSA) is 98.0 Å². The number of ether oxygens (including phenoxy) is 2. The van der Waals surface area contributed by atoms with Gasteiger partial charge in [-0.05, 0) is 49.4 Å². The number of hydrogen-bond acceptors (Lipinski definition) is 7. The van der Waals surface area contributed by atoms with E-state index in [1.54, 1.807) is 6.92 Å². The standard InChI is InChI=1S/C19H12F2N4O3/c1-2-27-19(26)16-18(28-13-6-3-11(10-22)4-7-13)23-17(25-24-16)14-9-12(20)5-8-15(14)21/h3-9H,2H2,1H3. The van der Waals surface area contributed by atoms with Crippen LogP contribution in [0.1, 0.15) is 23.0 Å². The van der Waals surface area contributed by atoms with E-state index in [9.17, 15) is 13.6 Å². The van der Waals surface area contributed by atoms with Crippen LogP contribution in [0.3, 0.4) is 0 Å². The fourth-order valence-electron chi connectivity index (χ4n) is 2.20. The largest absolute Gasteiger partial charge is 0.461 e. The van der Waals surface area contributed by atoms with E-state index in [0.717, 1.165) is 18.2 Å². The third-order valence-corrected chi connectivity index (χ3v) is 3.49. The van der Waals surface area contributed by atoms with Crippen LogP contribution in [0.5, 0.6) is 11.6 Å². The summed E-state index contributed by atoms with van der Waals surface area (Å²) in [7, 11) is 0. The summed E-state index contributed by atoms with van der Waals surface area (Å²) in [5.41, 5.74) is -0.166. The first-order valence-corrected chi connectivity index (χ1v) is 8.07. The molecule has 0 aliphatic rings. The average Bonchev–Trinajstić information content (AvgIpc) is 2.70. The molecule has 0 aliphatic carbocycles. The van der Waals surface area contributed by atoms with Crippen LogP contribution in [-0.2, 0) is 4.74 Å². The molecule has 0 saturated carbocycles. The zero-order valence-corrected chi connectivity index (χ0v) is 14.5. The van der Waals surface area contributed by atoms with Crippen molar-refractivity contribution in [3.63, 3.8) is 0 Å². The van der Waals surface area contributed by atoms with Gasteiger partial charge in [0.05, 0.1) is 23.8 Å². The van der Waals surface area contributed by atoms with Gasteiger partial charge < -0.3 is 9.47 Å². The number of aromatic nitrogens is 3. The molecule has 3 aromatic rings. The lowest BCUT2D eigenvalue weighted by molar-refractivity contribution is 0.0514. The Labute approximate surface area is 158 Å². The van der Waals surface area contributed by atoms with E-state index < -0.39 is 17.6 Å². The first-order chi connectivity index (χ1) is 13.5. The fourth-order valence-corrected chi connectivity index (χ4v) is 2.20. The van der Waals surface area contributed by atoms with Gasteiger partial charge in [0.25, 0.3) is 5.88 Å². The molecular weight excluding hydrogens is 370 g/mol. The van der Waals surface area contributed by atoms with Crippen molar-refractivity contribution in [2.75, 3.05) is 6.61 Å². The number of nitriles is 1. The molecule has 0 N–H and O–H groups in total. The highest BCUT2D eigenvalue weighted by molar-refractivity contribution is 5.89. The molecule has 9 heteroatoms. The fraction of sp³-hybridized carbons (Fsp3) is 0.105. The summed E-state index contributed by atoms with van der Waals surface area (Å²) in [6.45, 7) is 1.69. The molecule has 2 aromatic carbocycles. The maximum atomic E-state index is 14.0. The molecule has 140 valence electrons. The molecule has 0 bridgehead atoms. The predicted molar refractivity (Wildman–Crippen MR) is 92.4 cm³/mol. The average molecular weight is 382 g/mol. The molecule has 1 heterocycles. The van der Waals surface area contributed by atoms with Crippen LogP contribution in [0.25, 0.3) is 11.4 Å². The van der Waals surface area contributed by atoms with Crippen LogP contribution >= 0.6 is 0 Å². The first-order valence-electron chi connectivity index (χ1n) is 8.07. The summed E-state index contributed by atoms with van der Waals surface area (Å²) in [6.07, 6.45) is 0. The van der Waals surface area contributed by atoms with Gasteiger partial charge >= 0.3 is 5.97 Å². The van der Waals surface area contributed by atoms with E-state index in [0.29, 0.717) is 5.56 Å². The van der Waals surface area contributed by atoms with E-state index in [2.05, 4.69) is 15.2 Å². The highest BCUT2D eigenvalue weighted by Crippen LogP contribution is 2.27. The van der Waals surface area contributed by atoms with E-state index in [1.165, 1.54) is 24.3 Å². The van der Waals surface area contributed by atoms with Gasteiger partial charge in [-0.15, -0.1) is 10.2 Å². The monoisotopic (exact) mass is 382 g/mol. The molecule has 0 atom stereocenters. The Hall–Kier alpha value is -3.93. The van der Waals surface area contributed by atoms with Gasteiger partial charge in [0.2, 0.25) is 5.69 Å². The Morgan fingerprint density at radius 1 is 1.14 bits per heavy atom. The second kappa shape index (κ2) is 8.18. The van der Waals surface area contributed by atoms with Gasteiger partial charge in [0, 0.05) is 0 Å². The second-order valence-corrected chi connectivity index (χ2v) is 5.37. The van der Waals surface area contributed by atoms with Crippen LogP contribution in [0.2, 0.25) is 0 Å². The van der Waals surface area contributed by atoms with Crippen molar-refractivity contribution in [1.82, 2.24) is 15.2 Å². The van der Waals surface area contributed by atoms with Gasteiger partial charge in [0.1, 0.15) is 17.4 Å². The Bertz CT molecular complexity index is 1070. The lowest BCUT2D eigenvalue weighted by atomic mass is 10.2. The maximum Gasteiger partial charge on any atom is 0.364 e. The third-order valence-electron chi connectivity index (χ3n) is 3.49. The summed E-state index contributed by atoms with van der Waals surface area (Å²) in [4.78, 5) is 16.1. The van der Waals surface area contributed by atoms with Crippen LogP contribution in [0, 0.1) is 23.0 Å². The minimum atomic E-state index is -0.836. The van der Waals surface area contributed by atoms with Crippen molar-refractivity contribution in [3.8, 4) is 29.1 Å². The molecule has 0 aliphatic heterocycles. The SMILES string of the molecule is CCOC(=O)c1nnc(-c2cc(F)ccc2F)nc1Oc1ccc(C#N)cc1. The number of nitrogens with zero attached hydrogens (tertiary/aromatic N) is 4. The van der Waals surface area contributed by atoms with Crippen molar-refractivity contribution in [2.45, 2.75) is 6.92 Å². The van der Waals surface area contributed by atoms with Crippen molar-refractivity contribution in [2.24, 2.45) is 0 Å². The van der Waals surface area contributed by atoms with Crippen molar-refractivity contribution in [3.05, 3.63) is 65.4 Å². The number of esters is 1. The number of carbonyl (C=O) groups is 1. The van der Waals surface area contributed by atoms with Gasteiger partial charge in [-0.2, -0.15) is 10.2 Å². The van der Waals surface area contributed by atoms with Crippen LogP contribution in [0.15, 0.2) is 42.5 Å². The van der Waals surface area contributed by atoms with Gasteiger partial charge in [0.15, 0.2) is 5.82 Å². The zero-order valence-electron chi connectivity index (χ0n) is 14.5.